The highest BCUT2D eigenvalue weighted by atomic mass is 35.5. The fourth-order valence-electron chi connectivity index (χ4n) is 1.71. The number of hydrogen-bond donors (Lipinski definition) is 3. The molecule has 0 saturated heterocycles. The third-order valence-electron chi connectivity index (χ3n) is 3.15. The van der Waals surface area contributed by atoms with Gasteiger partial charge in [-0.05, 0) is 43.9 Å². The second-order valence-electron chi connectivity index (χ2n) is 5.12. The normalized spacial score (nSPS) is 14.8. The molecule has 4 N–H and O–H groups in total. The molecule has 1 saturated carbocycles. The van der Waals surface area contributed by atoms with E-state index in [2.05, 4.69) is 10.6 Å². The van der Waals surface area contributed by atoms with Crippen molar-refractivity contribution in [3.8, 4) is 0 Å². The summed E-state index contributed by atoms with van der Waals surface area (Å²) < 4.78 is 0. The van der Waals surface area contributed by atoms with Crippen molar-refractivity contribution in [1.29, 1.82) is 0 Å². The van der Waals surface area contributed by atoms with Crippen molar-refractivity contribution in [3.05, 3.63) is 28.8 Å². The van der Waals surface area contributed by atoms with E-state index in [9.17, 15) is 9.59 Å². The minimum atomic E-state index is -0.645. The number of rotatable bonds is 5. The van der Waals surface area contributed by atoms with E-state index >= 15 is 0 Å². The number of nitrogens with one attached hydrogen (secondary N) is 2. The molecule has 116 valence electrons. The number of hydrogen-bond acceptors (Lipinski definition) is 3. The van der Waals surface area contributed by atoms with Crippen LogP contribution in [-0.2, 0) is 4.79 Å². The molecule has 1 aromatic rings. The molecule has 5 nitrogen and oxygen atoms in total. The summed E-state index contributed by atoms with van der Waals surface area (Å²) in [5, 5.41) is 5.93. The van der Waals surface area contributed by atoms with E-state index in [1.807, 2.05) is 0 Å². The van der Waals surface area contributed by atoms with Gasteiger partial charge in [-0.3, -0.25) is 9.59 Å². The summed E-state index contributed by atoms with van der Waals surface area (Å²) in [7, 11) is 0. The maximum Gasteiger partial charge on any atom is 0.253 e. The predicted octanol–water partition coefficient (Wildman–Crippen LogP) is 2.19. The lowest BCUT2D eigenvalue weighted by Crippen LogP contribution is -2.33. The molecule has 0 aromatic heterocycles. The second kappa shape index (κ2) is 7.64. The lowest BCUT2D eigenvalue weighted by Gasteiger charge is -2.13. The molecule has 0 unspecified atom stereocenters. The van der Waals surface area contributed by atoms with E-state index in [1.165, 1.54) is 0 Å². The molecule has 1 atom stereocenters. The van der Waals surface area contributed by atoms with Crippen LogP contribution < -0.4 is 16.4 Å². The topological polar surface area (TPSA) is 84.2 Å². The van der Waals surface area contributed by atoms with Gasteiger partial charge in [-0.25, -0.2) is 0 Å². The van der Waals surface area contributed by atoms with Crippen molar-refractivity contribution >= 4 is 41.5 Å². The third-order valence-corrected chi connectivity index (χ3v) is 3.38. The maximum atomic E-state index is 12.1. The van der Waals surface area contributed by atoms with Gasteiger partial charge in [0.15, 0.2) is 0 Å². The number of benzene rings is 1. The van der Waals surface area contributed by atoms with Crippen molar-refractivity contribution in [3.63, 3.8) is 0 Å². The van der Waals surface area contributed by atoms with Crippen molar-refractivity contribution in [2.75, 3.05) is 11.9 Å². The van der Waals surface area contributed by atoms with Crippen molar-refractivity contribution in [1.82, 2.24) is 5.32 Å². The van der Waals surface area contributed by atoms with E-state index < -0.39 is 6.04 Å². The Kier molecular flexibility index (Phi) is 6.45. The van der Waals surface area contributed by atoms with Crippen LogP contribution in [-0.4, -0.2) is 24.4 Å². The molecule has 0 spiro atoms. The van der Waals surface area contributed by atoms with Crippen LogP contribution in [0, 0.1) is 5.92 Å². The van der Waals surface area contributed by atoms with Crippen molar-refractivity contribution < 1.29 is 9.59 Å². The third kappa shape index (κ3) is 5.19. The van der Waals surface area contributed by atoms with Crippen LogP contribution in [0.3, 0.4) is 0 Å². The average molecular weight is 332 g/mol. The van der Waals surface area contributed by atoms with E-state index in [0.717, 1.165) is 12.8 Å². The van der Waals surface area contributed by atoms with Crippen LogP contribution >= 0.6 is 24.0 Å². The number of nitrogens with two attached hydrogens (primary N) is 1. The molecule has 0 radical (unpaired) electrons. The molecule has 0 bridgehead atoms. The average Bonchev–Trinajstić information content (AvgIpc) is 3.21. The summed E-state index contributed by atoms with van der Waals surface area (Å²) in [5.41, 5.74) is 6.28. The molecule has 0 aliphatic heterocycles. The number of halogens is 2. The van der Waals surface area contributed by atoms with Crippen molar-refractivity contribution in [2.45, 2.75) is 25.8 Å². The molecular formula is C14H19Cl2N3O2. The molecule has 7 heteroatoms. The molecule has 0 heterocycles. The summed E-state index contributed by atoms with van der Waals surface area (Å²) in [6, 6.07) is 4.12. The van der Waals surface area contributed by atoms with Gasteiger partial charge in [-0.1, -0.05) is 11.6 Å². The van der Waals surface area contributed by atoms with Gasteiger partial charge in [0.1, 0.15) is 0 Å². The SMILES string of the molecule is C[C@H](N)C(=O)Nc1ccc(Cl)cc1C(=O)NCC1CC1.Cl. The molecule has 2 rings (SSSR count). The zero-order valence-electron chi connectivity index (χ0n) is 11.7. The Labute approximate surface area is 135 Å². The largest absolute Gasteiger partial charge is 0.352 e. The summed E-state index contributed by atoms with van der Waals surface area (Å²) >= 11 is 5.92. The lowest BCUT2D eigenvalue weighted by molar-refractivity contribution is -0.117. The standard InChI is InChI=1S/C14H18ClN3O2.ClH/c1-8(16)13(19)18-12-5-4-10(15)6-11(12)14(20)17-7-9-2-3-9;/h4-6,8-9H,2-3,7,16H2,1H3,(H,17,20)(H,18,19);1H/t8-;/m0./s1. The summed E-state index contributed by atoms with van der Waals surface area (Å²) in [6.07, 6.45) is 2.31. The fourth-order valence-corrected chi connectivity index (χ4v) is 1.89. The highest BCUT2D eigenvalue weighted by Crippen LogP contribution is 2.28. The number of anilines is 1. The molecule has 21 heavy (non-hydrogen) atoms. The number of carbonyl (C=O) groups is 2. The van der Waals surface area contributed by atoms with E-state index in [4.69, 9.17) is 17.3 Å². The minimum Gasteiger partial charge on any atom is -0.352 e. The zero-order chi connectivity index (χ0) is 14.7. The maximum absolute atomic E-state index is 12.1. The quantitative estimate of drug-likeness (QED) is 0.773. The Morgan fingerprint density at radius 3 is 2.67 bits per heavy atom. The molecule has 1 aliphatic carbocycles. The Morgan fingerprint density at radius 2 is 2.10 bits per heavy atom. The fraction of sp³-hybridized carbons (Fsp3) is 0.429. The first-order valence-electron chi connectivity index (χ1n) is 6.61. The van der Waals surface area contributed by atoms with Crippen LogP contribution in [0.15, 0.2) is 18.2 Å². The van der Waals surface area contributed by atoms with Gasteiger partial charge >= 0.3 is 0 Å². The first kappa shape index (κ1) is 17.8. The smallest absolute Gasteiger partial charge is 0.253 e. The van der Waals surface area contributed by atoms with Gasteiger partial charge in [-0.15, -0.1) is 12.4 Å². The molecule has 1 fully saturated rings. The first-order chi connectivity index (χ1) is 9.47. The van der Waals surface area contributed by atoms with Gasteiger partial charge < -0.3 is 16.4 Å². The van der Waals surface area contributed by atoms with Crippen LogP contribution in [0.1, 0.15) is 30.1 Å². The summed E-state index contributed by atoms with van der Waals surface area (Å²) in [5.74, 6) is 0.00294. The van der Waals surface area contributed by atoms with Gasteiger partial charge in [0, 0.05) is 11.6 Å². The van der Waals surface area contributed by atoms with E-state index in [0.29, 0.717) is 28.7 Å². The highest BCUT2D eigenvalue weighted by Gasteiger charge is 2.23. The van der Waals surface area contributed by atoms with Crippen LogP contribution in [0.25, 0.3) is 0 Å². The molecule has 1 aromatic carbocycles. The number of carbonyl (C=O) groups excluding carboxylic acids is 2. The Balaban J connectivity index is 0.00000220. The van der Waals surface area contributed by atoms with E-state index in [-0.39, 0.29) is 24.2 Å². The van der Waals surface area contributed by atoms with Crippen LogP contribution in [0.2, 0.25) is 5.02 Å². The minimum absolute atomic E-state index is 0. The summed E-state index contributed by atoms with van der Waals surface area (Å²) in [4.78, 5) is 23.8. The second-order valence-corrected chi connectivity index (χ2v) is 5.56. The highest BCUT2D eigenvalue weighted by molar-refractivity contribution is 6.31. The van der Waals surface area contributed by atoms with Gasteiger partial charge in [-0.2, -0.15) is 0 Å². The number of amides is 2. The molecule has 1 aliphatic rings. The predicted molar refractivity (Wildman–Crippen MR) is 86.0 cm³/mol. The Morgan fingerprint density at radius 1 is 1.43 bits per heavy atom. The first-order valence-corrected chi connectivity index (χ1v) is 6.99. The van der Waals surface area contributed by atoms with Crippen molar-refractivity contribution in [2.24, 2.45) is 11.7 Å². The van der Waals surface area contributed by atoms with Crippen LogP contribution in [0.5, 0.6) is 0 Å². The van der Waals surface area contributed by atoms with E-state index in [1.54, 1.807) is 25.1 Å². The molecular weight excluding hydrogens is 313 g/mol. The van der Waals surface area contributed by atoms with Gasteiger partial charge in [0.05, 0.1) is 17.3 Å². The zero-order valence-corrected chi connectivity index (χ0v) is 13.3. The lowest BCUT2D eigenvalue weighted by atomic mass is 10.1. The van der Waals surface area contributed by atoms with Gasteiger partial charge in [0.25, 0.3) is 5.91 Å². The monoisotopic (exact) mass is 331 g/mol. The summed E-state index contributed by atoms with van der Waals surface area (Å²) in [6.45, 7) is 2.24. The molecule has 2 amide bonds. The van der Waals surface area contributed by atoms with Crippen LogP contribution in [0.4, 0.5) is 5.69 Å². The Bertz CT molecular complexity index is 531. The van der Waals surface area contributed by atoms with Gasteiger partial charge in [0.2, 0.25) is 5.91 Å². The Hall–Kier alpha value is -1.30.